The Balaban J connectivity index is 2.47. The highest BCUT2D eigenvalue weighted by atomic mass is 35.5. The zero-order valence-corrected chi connectivity index (χ0v) is 15.9. The Labute approximate surface area is 156 Å². The smallest absolute Gasteiger partial charge is 0.338 e. The van der Waals surface area contributed by atoms with Crippen LogP contribution in [0.1, 0.15) is 18.5 Å². The number of hydrogen-bond acceptors (Lipinski definition) is 4. The molecule has 1 aromatic carbocycles. The zero-order chi connectivity index (χ0) is 17.9. The Hall–Kier alpha value is -1.34. The van der Waals surface area contributed by atoms with Gasteiger partial charge < -0.3 is 19.7 Å². The van der Waals surface area contributed by atoms with E-state index >= 15 is 0 Å². The maximum absolute atomic E-state index is 12.6. The molecule has 1 unspecified atom stereocenters. The van der Waals surface area contributed by atoms with Gasteiger partial charge in [-0.1, -0.05) is 29.3 Å². The monoisotopic (exact) mass is 388 g/mol. The minimum atomic E-state index is -0.579. The van der Waals surface area contributed by atoms with E-state index in [9.17, 15) is 4.79 Å². The molecule has 2 rings (SSSR count). The Morgan fingerprint density at radius 1 is 1.33 bits per heavy atom. The number of allylic oxidation sites excluding steroid dienone is 1. The number of nitrogens with one attached hydrogen (secondary N) is 1. The molecular weight excluding hydrogens is 371 g/mol. The summed E-state index contributed by atoms with van der Waals surface area (Å²) in [4.78, 5) is 14.3. The van der Waals surface area contributed by atoms with Crippen LogP contribution >= 0.6 is 35.4 Å². The summed E-state index contributed by atoms with van der Waals surface area (Å²) in [5.41, 5.74) is 1.69. The first-order valence-electron chi connectivity index (χ1n) is 7.23. The van der Waals surface area contributed by atoms with Crippen molar-refractivity contribution in [3.05, 3.63) is 45.1 Å². The SMILES string of the molecule is COCCOC(=O)C1=C(C)N(C)C(=S)NC1c1c(Cl)cccc1Cl. The summed E-state index contributed by atoms with van der Waals surface area (Å²) in [6.07, 6.45) is 0. The average molecular weight is 389 g/mol. The summed E-state index contributed by atoms with van der Waals surface area (Å²) in [5, 5.41) is 4.48. The highest BCUT2D eigenvalue weighted by Crippen LogP contribution is 2.38. The molecule has 24 heavy (non-hydrogen) atoms. The third-order valence-corrected chi connectivity index (χ3v) is 4.83. The molecule has 1 aliphatic heterocycles. The molecule has 130 valence electrons. The molecule has 0 aliphatic carbocycles. The number of halogens is 2. The standard InChI is InChI=1S/C16H18Cl2N2O3S/c1-9-12(15(21)23-8-7-22-3)14(19-16(24)20(9)2)13-10(17)5-4-6-11(13)18/h4-6,14H,7-8H2,1-3H3,(H,19,24). The van der Waals surface area contributed by atoms with Crippen LogP contribution in [0.5, 0.6) is 0 Å². The summed E-state index contributed by atoms with van der Waals surface area (Å²) in [6.45, 7) is 2.28. The van der Waals surface area contributed by atoms with Gasteiger partial charge in [0.25, 0.3) is 0 Å². The Kier molecular flexibility index (Phi) is 6.46. The molecule has 0 radical (unpaired) electrons. The molecule has 0 amide bonds. The fraction of sp³-hybridized carbons (Fsp3) is 0.375. The van der Waals surface area contributed by atoms with Crippen LogP contribution < -0.4 is 5.32 Å². The maximum atomic E-state index is 12.6. The lowest BCUT2D eigenvalue weighted by Crippen LogP contribution is -2.46. The van der Waals surface area contributed by atoms with Crippen molar-refractivity contribution >= 4 is 46.5 Å². The van der Waals surface area contributed by atoms with Gasteiger partial charge in [0.1, 0.15) is 6.61 Å². The molecule has 1 heterocycles. The van der Waals surface area contributed by atoms with E-state index in [2.05, 4.69) is 5.32 Å². The van der Waals surface area contributed by atoms with Gasteiger partial charge in [0.2, 0.25) is 0 Å². The fourth-order valence-corrected chi connectivity index (χ4v) is 3.27. The Morgan fingerprint density at radius 3 is 2.54 bits per heavy atom. The van der Waals surface area contributed by atoms with E-state index < -0.39 is 12.0 Å². The van der Waals surface area contributed by atoms with Gasteiger partial charge in [-0.25, -0.2) is 4.79 Å². The molecule has 0 fully saturated rings. The number of ether oxygens (including phenoxy) is 2. The van der Waals surface area contributed by atoms with Gasteiger partial charge in [-0.2, -0.15) is 0 Å². The maximum Gasteiger partial charge on any atom is 0.338 e. The van der Waals surface area contributed by atoms with Gasteiger partial charge in [0, 0.05) is 35.5 Å². The first-order valence-corrected chi connectivity index (χ1v) is 8.39. The van der Waals surface area contributed by atoms with E-state index in [0.29, 0.717) is 38.6 Å². The second-order valence-electron chi connectivity index (χ2n) is 5.20. The van der Waals surface area contributed by atoms with Gasteiger partial charge in [-0.05, 0) is 31.3 Å². The molecule has 5 nitrogen and oxygen atoms in total. The van der Waals surface area contributed by atoms with Gasteiger partial charge in [-0.3, -0.25) is 0 Å². The van der Waals surface area contributed by atoms with Crippen LogP contribution in [0.25, 0.3) is 0 Å². The van der Waals surface area contributed by atoms with Gasteiger partial charge in [0.05, 0.1) is 18.2 Å². The van der Waals surface area contributed by atoms with E-state index in [1.54, 1.807) is 44.2 Å². The minimum Gasteiger partial charge on any atom is -0.460 e. The number of thiocarbonyl (C=S) groups is 1. The summed E-state index contributed by atoms with van der Waals surface area (Å²) in [7, 11) is 3.32. The molecule has 0 bridgehead atoms. The molecule has 1 aliphatic rings. The van der Waals surface area contributed by atoms with Crippen molar-refractivity contribution < 1.29 is 14.3 Å². The second-order valence-corrected chi connectivity index (χ2v) is 6.41. The number of carbonyl (C=O) groups is 1. The van der Waals surface area contributed by atoms with E-state index in [-0.39, 0.29) is 6.61 Å². The van der Waals surface area contributed by atoms with Crippen molar-refractivity contribution in [2.45, 2.75) is 13.0 Å². The molecular formula is C16H18Cl2N2O3S. The number of esters is 1. The average Bonchev–Trinajstić information content (AvgIpc) is 2.52. The number of benzene rings is 1. The molecule has 1 aromatic rings. The summed E-state index contributed by atoms with van der Waals surface area (Å²) in [6, 6.07) is 4.60. The molecule has 0 spiro atoms. The summed E-state index contributed by atoms with van der Waals surface area (Å²) < 4.78 is 10.2. The zero-order valence-electron chi connectivity index (χ0n) is 13.6. The van der Waals surface area contributed by atoms with Crippen molar-refractivity contribution in [1.29, 1.82) is 0 Å². The van der Waals surface area contributed by atoms with Crippen molar-refractivity contribution in [2.24, 2.45) is 0 Å². The largest absolute Gasteiger partial charge is 0.460 e. The number of methoxy groups -OCH3 is 1. The van der Waals surface area contributed by atoms with E-state index in [4.69, 9.17) is 44.9 Å². The van der Waals surface area contributed by atoms with Crippen LogP contribution in [-0.2, 0) is 14.3 Å². The van der Waals surface area contributed by atoms with Crippen LogP contribution in [0.3, 0.4) is 0 Å². The first-order chi connectivity index (χ1) is 11.4. The van der Waals surface area contributed by atoms with Gasteiger partial charge in [0.15, 0.2) is 5.11 Å². The van der Waals surface area contributed by atoms with Crippen LogP contribution in [0.4, 0.5) is 0 Å². The van der Waals surface area contributed by atoms with E-state index in [1.807, 2.05) is 0 Å². The van der Waals surface area contributed by atoms with E-state index in [1.165, 1.54) is 0 Å². The lowest BCUT2D eigenvalue weighted by atomic mass is 9.95. The molecule has 0 aromatic heterocycles. The quantitative estimate of drug-likeness (QED) is 0.474. The predicted octanol–water partition coefficient (Wildman–Crippen LogP) is 3.32. The highest BCUT2D eigenvalue weighted by molar-refractivity contribution is 7.80. The first kappa shape index (κ1) is 19.0. The van der Waals surface area contributed by atoms with Crippen molar-refractivity contribution in [3.8, 4) is 0 Å². The molecule has 1 N–H and O–H groups in total. The van der Waals surface area contributed by atoms with Gasteiger partial charge >= 0.3 is 5.97 Å². The fourth-order valence-electron chi connectivity index (χ4n) is 2.40. The number of rotatable bonds is 5. The summed E-state index contributed by atoms with van der Waals surface area (Å²) in [5.74, 6) is -0.465. The lowest BCUT2D eigenvalue weighted by Gasteiger charge is -2.36. The second kappa shape index (κ2) is 8.16. The van der Waals surface area contributed by atoms with Gasteiger partial charge in [-0.15, -0.1) is 0 Å². The number of hydrogen-bond donors (Lipinski definition) is 1. The molecule has 1 atom stereocenters. The Morgan fingerprint density at radius 2 is 1.96 bits per heavy atom. The summed E-state index contributed by atoms with van der Waals surface area (Å²) >= 11 is 18.0. The van der Waals surface area contributed by atoms with Crippen LogP contribution in [0.15, 0.2) is 29.5 Å². The topological polar surface area (TPSA) is 50.8 Å². The highest BCUT2D eigenvalue weighted by Gasteiger charge is 2.35. The lowest BCUT2D eigenvalue weighted by molar-refractivity contribution is -0.140. The Bertz CT molecular complexity index is 674. The van der Waals surface area contributed by atoms with Crippen LogP contribution in [0, 0.1) is 0 Å². The van der Waals surface area contributed by atoms with Crippen LogP contribution in [0.2, 0.25) is 10.0 Å². The third-order valence-electron chi connectivity index (χ3n) is 3.78. The number of nitrogens with zero attached hydrogens (tertiary/aromatic N) is 1. The normalized spacial score (nSPS) is 17.8. The molecule has 0 saturated heterocycles. The minimum absolute atomic E-state index is 0.156. The van der Waals surface area contributed by atoms with E-state index in [0.717, 1.165) is 0 Å². The number of carbonyl (C=O) groups excluding carboxylic acids is 1. The predicted molar refractivity (Wildman–Crippen MR) is 98.2 cm³/mol. The van der Waals surface area contributed by atoms with Crippen molar-refractivity contribution in [2.75, 3.05) is 27.4 Å². The molecule has 0 saturated carbocycles. The third kappa shape index (κ3) is 3.83. The van der Waals surface area contributed by atoms with Crippen molar-refractivity contribution in [1.82, 2.24) is 10.2 Å². The molecule has 8 heteroatoms. The van der Waals surface area contributed by atoms with Crippen molar-refractivity contribution in [3.63, 3.8) is 0 Å². The van der Waals surface area contributed by atoms with Crippen LogP contribution in [-0.4, -0.2) is 43.4 Å².